The van der Waals surface area contributed by atoms with Gasteiger partial charge in [0.25, 0.3) is 5.91 Å². The second-order valence-electron chi connectivity index (χ2n) is 9.79. The molecule has 0 bridgehead atoms. The first-order valence-electron chi connectivity index (χ1n) is 11.2. The lowest BCUT2D eigenvalue weighted by Crippen LogP contribution is -2.49. The Morgan fingerprint density at radius 2 is 1.48 bits per heavy atom. The Hall–Kier alpha value is -2.82. The van der Waals surface area contributed by atoms with Gasteiger partial charge < -0.3 is 15.1 Å². The molecule has 0 spiro atoms. The van der Waals surface area contributed by atoms with Crippen LogP contribution in [0.3, 0.4) is 0 Å². The summed E-state index contributed by atoms with van der Waals surface area (Å²) in [6.45, 7) is 13.8. The van der Waals surface area contributed by atoms with Gasteiger partial charge in [-0.3, -0.25) is 9.59 Å². The van der Waals surface area contributed by atoms with Crippen molar-refractivity contribution in [1.29, 1.82) is 0 Å². The summed E-state index contributed by atoms with van der Waals surface area (Å²) >= 11 is 0. The highest BCUT2D eigenvalue weighted by Gasteiger charge is 2.21. The number of rotatable bonds is 5. The first kappa shape index (κ1) is 22.9. The minimum Gasteiger partial charge on any atom is -0.368 e. The largest absolute Gasteiger partial charge is 0.368 e. The van der Waals surface area contributed by atoms with Gasteiger partial charge in [0.2, 0.25) is 5.91 Å². The minimum absolute atomic E-state index is 0.0675. The van der Waals surface area contributed by atoms with E-state index in [1.165, 1.54) is 5.56 Å². The molecular weight excluding hydrogens is 386 g/mol. The summed E-state index contributed by atoms with van der Waals surface area (Å²) in [5.74, 6) is 0.540. The molecule has 0 radical (unpaired) electrons. The molecule has 2 aromatic rings. The van der Waals surface area contributed by atoms with Crippen molar-refractivity contribution < 1.29 is 9.59 Å². The molecule has 1 fully saturated rings. The molecule has 0 atom stereocenters. The van der Waals surface area contributed by atoms with E-state index in [-0.39, 0.29) is 17.2 Å². The highest BCUT2D eigenvalue weighted by Crippen LogP contribution is 2.23. The number of amides is 2. The zero-order chi connectivity index (χ0) is 22.6. The lowest BCUT2D eigenvalue weighted by molar-refractivity contribution is -0.132. The Bertz CT molecular complexity index is 888. The molecule has 0 saturated carbocycles. The average Bonchev–Trinajstić information content (AvgIpc) is 2.73. The maximum absolute atomic E-state index is 12.6. The lowest BCUT2D eigenvalue weighted by atomic mass is 9.87. The lowest BCUT2D eigenvalue weighted by Gasteiger charge is -2.36. The van der Waals surface area contributed by atoms with Gasteiger partial charge in [-0.2, -0.15) is 0 Å². The summed E-state index contributed by atoms with van der Waals surface area (Å²) in [4.78, 5) is 29.1. The quantitative estimate of drug-likeness (QED) is 0.745. The fraction of sp³-hybridized carbons (Fsp3) is 0.462. The smallest absolute Gasteiger partial charge is 0.255 e. The van der Waals surface area contributed by atoms with Gasteiger partial charge >= 0.3 is 0 Å². The van der Waals surface area contributed by atoms with Crippen molar-refractivity contribution in [3.8, 4) is 0 Å². The summed E-state index contributed by atoms with van der Waals surface area (Å²) in [6.07, 6.45) is 0.618. The van der Waals surface area contributed by atoms with Gasteiger partial charge in [-0.15, -0.1) is 0 Å². The monoisotopic (exact) mass is 421 g/mol. The molecule has 1 aliphatic rings. The van der Waals surface area contributed by atoms with Crippen LogP contribution in [0.25, 0.3) is 0 Å². The molecule has 1 N–H and O–H groups in total. The number of piperazine rings is 1. The number of nitrogens with one attached hydrogen (secondary N) is 1. The Morgan fingerprint density at radius 1 is 0.903 bits per heavy atom. The zero-order valence-corrected chi connectivity index (χ0v) is 19.4. The second-order valence-corrected chi connectivity index (χ2v) is 9.79. The van der Waals surface area contributed by atoms with Gasteiger partial charge in [0.05, 0.1) is 0 Å². The van der Waals surface area contributed by atoms with Crippen LogP contribution in [0.1, 0.15) is 57.0 Å². The first-order chi connectivity index (χ1) is 14.6. The van der Waals surface area contributed by atoms with Crippen LogP contribution in [-0.4, -0.2) is 42.9 Å². The Labute approximate surface area is 186 Å². The predicted molar refractivity (Wildman–Crippen MR) is 128 cm³/mol. The third kappa shape index (κ3) is 6.09. The van der Waals surface area contributed by atoms with Crippen LogP contribution in [0.5, 0.6) is 0 Å². The molecule has 0 aliphatic carbocycles. The molecule has 1 saturated heterocycles. The van der Waals surface area contributed by atoms with E-state index in [9.17, 15) is 9.59 Å². The van der Waals surface area contributed by atoms with Crippen LogP contribution in [-0.2, 0) is 10.2 Å². The van der Waals surface area contributed by atoms with Crippen LogP contribution >= 0.6 is 0 Å². The van der Waals surface area contributed by atoms with E-state index in [1.807, 2.05) is 53.4 Å². The maximum atomic E-state index is 12.6. The van der Waals surface area contributed by atoms with Crippen LogP contribution in [0, 0.1) is 5.92 Å². The van der Waals surface area contributed by atoms with E-state index in [2.05, 4.69) is 44.8 Å². The van der Waals surface area contributed by atoms with Crippen molar-refractivity contribution in [2.45, 2.75) is 46.5 Å². The normalized spacial score (nSPS) is 14.6. The Kier molecular flexibility index (Phi) is 7.04. The summed E-state index contributed by atoms with van der Waals surface area (Å²) in [5, 5.41) is 2.98. The van der Waals surface area contributed by atoms with Gasteiger partial charge in [-0.1, -0.05) is 46.8 Å². The van der Waals surface area contributed by atoms with Gasteiger partial charge in [-0.25, -0.2) is 0 Å². The van der Waals surface area contributed by atoms with Crippen molar-refractivity contribution in [3.05, 3.63) is 59.7 Å². The van der Waals surface area contributed by atoms with Crippen LogP contribution < -0.4 is 10.2 Å². The van der Waals surface area contributed by atoms with E-state index in [4.69, 9.17) is 0 Å². The number of carbonyl (C=O) groups excluding carboxylic acids is 2. The highest BCUT2D eigenvalue weighted by molar-refractivity contribution is 6.04. The van der Waals surface area contributed by atoms with E-state index >= 15 is 0 Å². The maximum Gasteiger partial charge on any atom is 0.255 e. The number of carbonyl (C=O) groups is 2. The fourth-order valence-electron chi connectivity index (χ4n) is 3.77. The molecule has 1 heterocycles. The van der Waals surface area contributed by atoms with Crippen molar-refractivity contribution >= 4 is 23.2 Å². The summed E-state index contributed by atoms with van der Waals surface area (Å²) in [7, 11) is 0. The van der Waals surface area contributed by atoms with E-state index in [1.54, 1.807) is 0 Å². The summed E-state index contributed by atoms with van der Waals surface area (Å²) in [6, 6.07) is 15.7. The third-order valence-corrected chi connectivity index (χ3v) is 5.72. The van der Waals surface area contributed by atoms with E-state index in [0.717, 1.165) is 37.6 Å². The highest BCUT2D eigenvalue weighted by atomic mass is 16.2. The van der Waals surface area contributed by atoms with Crippen LogP contribution in [0.15, 0.2) is 48.5 Å². The van der Waals surface area contributed by atoms with E-state index in [0.29, 0.717) is 17.9 Å². The number of benzene rings is 2. The SMILES string of the molecule is CC(C)CC(=O)N1CCN(c2ccc(NC(=O)c3ccc(C(C)(C)C)cc3)cc2)CC1. The second kappa shape index (κ2) is 9.54. The summed E-state index contributed by atoms with van der Waals surface area (Å²) in [5.41, 5.74) is 3.82. The van der Waals surface area contributed by atoms with Crippen molar-refractivity contribution in [2.24, 2.45) is 5.92 Å². The number of hydrogen-bond acceptors (Lipinski definition) is 3. The summed E-state index contributed by atoms with van der Waals surface area (Å²) < 4.78 is 0. The molecule has 1 aliphatic heterocycles. The standard InChI is InChI=1S/C26H35N3O2/c1-19(2)18-24(30)29-16-14-28(15-17-29)23-12-10-22(11-13-23)27-25(31)20-6-8-21(9-7-20)26(3,4)5/h6-13,19H,14-18H2,1-5H3,(H,27,31). The molecule has 5 nitrogen and oxygen atoms in total. The Balaban J connectivity index is 1.55. The molecule has 5 heteroatoms. The Morgan fingerprint density at radius 3 is 2.00 bits per heavy atom. The zero-order valence-electron chi connectivity index (χ0n) is 19.4. The number of anilines is 2. The van der Waals surface area contributed by atoms with Crippen molar-refractivity contribution in [2.75, 3.05) is 36.4 Å². The molecule has 0 unspecified atom stereocenters. The van der Waals surface area contributed by atoms with Gasteiger partial charge in [0, 0.05) is 49.5 Å². The van der Waals surface area contributed by atoms with Crippen molar-refractivity contribution in [3.63, 3.8) is 0 Å². The molecule has 0 aromatic heterocycles. The molecule has 166 valence electrons. The average molecular weight is 422 g/mol. The molecule has 2 aromatic carbocycles. The molecular formula is C26H35N3O2. The molecule has 31 heavy (non-hydrogen) atoms. The first-order valence-corrected chi connectivity index (χ1v) is 11.2. The predicted octanol–water partition coefficient (Wildman–Crippen LogP) is 4.93. The number of hydrogen-bond donors (Lipinski definition) is 1. The molecule has 3 rings (SSSR count). The van der Waals surface area contributed by atoms with Crippen LogP contribution in [0.4, 0.5) is 11.4 Å². The van der Waals surface area contributed by atoms with Crippen LogP contribution in [0.2, 0.25) is 0 Å². The van der Waals surface area contributed by atoms with Gasteiger partial charge in [0.1, 0.15) is 0 Å². The number of nitrogens with zero attached hydrogens (tertiary/aromatic N) is 2. The van der Waals surface area contributed by atoms with E-state index < -0.39 is 0 Å². The molecule has 2 amide bonds. The minimum atomic E-state index is -0.106. The van der Waals surface area contributed by atoms with Gasteiger partial charge in [0.15, 0.2) is 0 Å². The van der Waals surface area contributed by atoms with Gasteiger partial charge in [-0.05, 0) is 53.3 Å². The fourth-order valence-corrected chi connectivity index (χ4v) is 3.77. The van der Waals surface area contributed by atoms with Crippen molar-refractivity contribution in [1.82, 2.24) is 4.90 Å². The third-order valence-electron chi connectivity index (χ3n) is 5.72. The topological polar surface area (TPSA) is 52.7 Å².